The zero-order valence-corrected chi connectivity index (χ0v) is 17.4. The number of benzene rings is 1. The number of pyridine rings is 1. The summed E-state index contributed by atoms with van der Waals surface area (Å²) >= 11 is 12.5. The van der Waals surface area contributed by atoms with Gasteiger partial charge in [0.15, 0.2) is 5.75 Å². The minimum atomic E-state index is -1.29. The number of carbonyl (C=O) groups is 1. The maximum absolute atomic E-state index is 12.1. The molecule has 0 fully saturated rings. The average Bonchev–Trinajstić information content (AvgIpc) is 2.67. The topological polar surface area (TPSA) is 165 Å². The van der Waals surface area contributed by atoms with E-state index in [-0.39, 0.29) is 32.8 Å². The summed E-state index contributed by atoms with van der Waals surface area (Å²) in [5.74, 6) is -0.463. The molecule has 14 heteroatoms. The van der Waals surface area contributed by atoms with Gasteiger partial charge >= 0.3 is 23.2 Å². The molecule has 0 radical (unpaired) electrons. The Morgan fingerprint density at radius 3 is 2.35 bits per heavy atom. The van der Waals surface area contributed by atoms with Crippen LogP contribution in [0.2, 0.25) is 10.0 Å². The molecular formula is C17H14Cl2N6O6. The molecule has 2 heterocycles. The Kier molecular flexibility index (Phi) is 6.04. The number of H-pyrrole nitrogens is 2. The SMILES string of the molecule is CN(C)c1cc(Oc2c(Cl)cc(-n3nc(OC(N)=O)c(=O)[nH]c3=O)cc2Cl)c[nH]c1=O. The summed E-state index contributed by atoms with van der Waals surface area (Å²) in [4.78, 5) is 52.6. The molecule has 3 aromatic rings. The number of hydrogen-bond acceptors (Lipinski definition) is 8. The van der Waals surface area contributed by atoms with E-state index in [1.54, 1.807) is 19.0 Å². The predicted molar refractivity (Wildman–Crippen MR) is 112 cm³/mol. The number of anilines is 1. The van der Waals surface area contributed by atoms with Gasteiger partial charge in [0.2, 0.25) is 0 Å². The summed E-state index contributed by atoms with van der Waals surface area (Å²) in [6.45, 7) is 0. The highest BCUT2D eigenvalue weighted by Crippen LogP contribution is 2.38. The van der Waals surface area contributed by atoms with E-state index < -0.39 is 23.2 Å². The number of aromatic nitrogens is 4. The number of rotatable bonds is 5. The number of nitrogens with two attached hydrogens (primary N) is 1. The maximum atomic E-state index is 12.1. The fraction of sp³-hybridized carbons (Fsp3) is 0.118. The van der Waals surface area contributed by atoms with E-state index in [2.05, 4.69) is 14.8 Å². The Morgan fingerprint density at radius 2 is 1.77 bits per heavy atom. The molecule has 0 atom stereocenters. The highest BCUT2D eigenvalue weighted by atomic mass is 35.5. The van der Waals surface area contributed by atoms with Crippen LogP contribution in [0.5, 0.6) is 17.4 Å². The third-order valence-electron chi connectivity index (χ3n) is 3.78. The number of aromatic amines is 2. The van der Waals surface area contributed by atoms with Gasteiger partial charge in [-0.2, -0.15) is 4.68 Å². The number of nitrogens with zero attached hydrogens (tertiary/aromatic N) is 3. The van der Waals surface area contributed by atoms with Gasteiger partial charge in [-0.25, -0.2) is 9.59 Å². The van der Waals surface area contributed by atoms with E-state index in [9.17, 15) is 19.2 Å². The number of amides is 1. The van der Waals surface area contributed by atoms with E-state index in [4.69, 9.17) is 33.7 Å². The number of ether oxygens (including phenoxy) is 2. The van der Waals surface area contributed by atoms with Crippen LogP contribution < -0.4 is 36.9 Å². The van der Waals surface area contributed by atoms with Crippen molar-refractivity contribution in [2.75, 3.05) is 19.0 Å². The fourth-order valence-corrected chi connectivity index (χ4v) is 3.00. The lowest BCUT2D eigenvalue weighted by atomic mass is 10.3. The molecule has 0 bridgehead atoms. The fourth-order valence-electron chi connectivity index (χ4n) is 2.45. The second-order valence-electron chi connectivity index (χ2n) is 6.18. The predicted octanol–water partition coefficient (Wildman–Crippen LogP) is 1.23. The molecule has 0 aliphatic carbocycles. The Bertz CT molecular complexity index is 1320. The van der Waals surface area contributed by atoms with Crippen LogP contribution in [0.1, 0.15) is 0 Å². The van der Waals surface area contributed by atoms with E-state index >= 15 is 0 Å². The van der Waals surface area contributed by atoms with Crippen LogP contribution in [-0.2, 0) is 0 Å². The summed E-state index contributed by atoms with van der Waals surface area (Å²) in [6, 6.07) is 4.05. The van der Waals surface area contributed by atoms with Crippen LogP contribution in [0.15, 0.2) is 38.8 Å². The van der Waals surface area contributed by atoms with Crippen LogP contribution in [0.4, 0.5) is 10.5 Å². The summed E-state index contributed by atoms with van der Waals surface area (Å²) in [7, 11) is 3.38. The molecule has 0 spiro atoms. The molecule has 162 valence electrons. The molecule has 1 aromatic carbocycles. The third-order valence-corrected chi connectivity index (χ3v) is 4.34. The van der Waals surface area contributed by atoms with Gasteiger partial charge in [-0.3, -0.25) is 14.6 Å². The van der Waals surface area contributed by atoms with E-state index in [0.717, 1.165) is 0 Å². The van der Waals surface area contributed by atoms with Crippen LogP contribution in [0.3, 0.4) is 0 Å². The minimum absolute atomic E-state index is 0.0163. The van der Waals surface area contributed by atoms with Gasteiger partial charge in [-0.15, -0.1) is 5.10 Å². The van der Waals surface area contributed by atoms with Crippen LogP contribution in [0.25, 0.3) is 5.69 Å². The van der Waals surface area contributed by atoms with Crippen molar-refractivity contribution in [2.45, 2.75) is 0 Å². The Labute approximate surface area is 182 Å². The normalized spacial score (nSPS) is 10.6. The van der Waals surface area contributed by atoms with Crippen molar-refractivity contribution < 1.29 is 14.3 Å². The van der Waals surface area contributed by atoms with Crippen molar-refractivity contribution in [3.8, 4) is 23.1 Å². The zero-order chi connectivity index (χ0) is 22.9. The monoisotopic (exact) mass is 468 g/mol. The molecule has 12 nitrogen and oxygen atoms in total. The number of carbonyl (C=O) groups excluding carboxylic acids is 1. The quantitative estimate of drug-likeness (QED) is 0.502. The van der Waals surface area contributed by atoms with E-state index in [1.807, 2.05) is 4.98 Å². The molecule has 1 amide bonds. The molecule has 4 N–H and O–H groups in total. The second-order valence-corrected chi connectivity index (χ2v) is 7.00. The van der Waals surface area contributed by atoms with Crippen LogP contribution in [0, 0.1) is 0 Å². The number of nitrogens with one attached hydrogen (secondary N) is 2. The smallest absolute Gasteiger partial charge is 0.411 e. The Morgan fingerprint density at radius 1 is 1.13 bits per heavy atom. The van der Waals surface area contributed by atoms with Crippen molar-refractivity contribution in [3.05, 3.63) is 65.6 Å². The van der Waals surface area contributed by atoms with Crippen molar-refractivity contribution in [1.82, 2.24) is 19.7 Å². The largest absolute Gasteiger partial charge is 0.453 e. The van der Waals surface area contributed by atoms with Crippen molar-refractivity contribution >= 4 is 35.0 Å². The lowest BCUT2D eigenvalue weighted by Crippen LogP contribution is -2.34. The van der Waals surface area contributed by atoms with Crippen molar-refractivity contribution in [1.29, 1.82) is 0 Å². The van der Waals surface area contributed by atoms with E-state index in [0.29, 0.717) is 10.4 Å². The summed E-state index contributed by atoms with van der Waals surface area (Å²) in [6.07, 6.45) is 0.0400. The summed E-state index contributed by atoms with van der Waals surface area (Å²) in [5.41, 5.74) is 2.94. The molecular weight excluding hydrogens is 455 g/mol. The first-order valence-electron chi connectivity index (χ1n) is 8.35. The second kappa shape index (κ2) is 8.53. The first kappa shape index (κ1) is 21.9. The van der Waals surface area contributed by atoms with Gasteiger partial charge in [0.1, 0.15) is 11.4 Å². The third kappa shape index (κ3) is 4.70. The zero-order valence-electron chi connectivity index (χ0n) is 15.9. The average molecular weight is 469 g/mol. The highest BCUT2D eigenvalue weighted by Gasteiger charge is 2.17. The molecule has 0 saturated heterocycles. The van der Waals surface area contributed by atoms with Gasteiger partial charge in [-0.05, 0) is 12.1 Å². The Hall–Kier alpha value is -3.77. The van der Waals surface area contributed by atoms with Crippen molar-refractivity contribution in [3.63, 3.8) is 0 Å². The first-order chi connectivity index (χ1) is 14.6. The Balaban J connectivity index is 2.03. The molecule has 2 aromatic heterocycles. The molecule has 31 heavy (non-hydrogen) atoms. The van der Waals surface area contributed by atoms with Gasteiger partial charge in [0.25, 0.3) is 5.56 Å². The van der Waals surface area contributed by atoms with Crippen LogP contribution >= 0.6 is 23.2 Å². The van der Waals surface area contributed by atoms with Gasteiger partial charge in [-0.1, -0.05) is 23.2 Å². The minimum Gasteiger partial charge on any atom is -0.453 e. The first-order valence-corrected chi connectivity index (χ1v) is 9.10. The summed E-state index contributed by atoms with van der Waals surface area (Å²) in [5, 5.41) is 3.62. The standard InChI is InChI=1S/C17H14Cl2N6O6/c1-24(2)11-5-8(6-21-13(11)26)30-12-9(18)3-7(4-10(12)19)25-17(29)22-14(27)15(23-25)31-16(20)28/h3-6H,1-2H3,(H2,20,28)(H,21,26)(H,22,27,29). The molecule has 3 rings (SSSR count). The number of primary amides is 1. The maximum Gasteiger partial charge on any atom is 0.411 e. The van der Waals surface area contributed by atoms with Gasteiger partial charge < -0.3 is 25.1 Å². The van der Waals surface area contributed by atoms with E-state index in [1.165, 1.54) is 24.4 Å². The molecule has 0 aliphatic heterocycles. The molecule has 0 unspecified atom stereocenters. The summed E-state index contributed by atoms with van der Waals surface area (Å²) < 4.78 is 10.9. The van der Waals surface area contributed by atoms with Crippen molar-refractivity contribution in [2.24, 2.45) is 5.73 Å². The van der Waals surface area contributed by atoms with Gasteiger partial charge in [0.05, 0.1) is 15.7 Å². The lowest BCUT2D eigenvalue weighted by Gasteiger charge is -2.15. The highest BCUT2D eigenvalue weighted by molar-refractivity contribution is 6.37. The lowest BCUT2D eigenvalue weighted by molar-refractivity contribution is 0.207. The van der Waals surface area contributed by atoms with Gasteiger partial charge in [0, 0.05) is 26.4 Å². The van der Waals surface area contributed by atoms with Crippen LogP contribution in [-0.4, -0.2) is 39.9 Å². The number of halogens is 2. The molecule has 0 aliphatic rings. The number of hydrogen-bond donors (Lipinski definition) is 3. The molecule has 0 saturated carbocycles.